The molecule has 0 saturated heterocycles. The van der Waals surface area contributed by atoms with Gasteiger partial charge in [-0.15, -0.1) is 0 Å². The second-order valence-electron chi connectivity index (χ2n) is 4.98. The third-order valence-electron chi connectivity index (χ3n) is 3.77. The lowest BCUT2D eigenvalue weighted by Crippen LogP contribution is -2.37. The molecule has 0 heterocycles. The standard InChI is InChI=1S/C14H13F2NO/c15-10-3-4-11(12(16)7-10)14(18)17-13-6-8-1-2-9(13)5-8/h1-4,7-9,13H,5-6H2,(H,17,18). The summed E-state index contributed by atoms with van der Waals surface area (Å²) >= 11 is 0. The maximum Gasteiger partial charge on any atom is 0.254 e. The van der Waals surface area contributed by atoms with Crippen molar-refractivity contribution in [3.8, 4) is 0 Å². The second kappa shape index (κ2) is 4.19. The average molecular weight is 249 g/mol. The van der Waals surface area contributed by atoms with Crippen LogP contribution in [0, 0.1) is 23.5 Å². The Labute approximate surface area is 104 Å². The topological polar surface area (TPSA) is 29.1 Å². The number of allylic oxidation sites excluding steroid dienone is 1. The molecule has 3 unspecified atom stereocenters. The first-order valence-electron chi connectivity index (χ1n) is 6.08. The van der Waals surface area contributed by atoms with E-state index in [1.807, 2.05) is 0 Å². The predicted molar refractivity (Wildman–Crippen MR) is 63.0 cm³/mol. The van der Waals surface area contributed by atoms with Gasteiger partial charge in [-0.3, -0.25) is 4.79 Å². The predicted octanol–water partition coefficient (Wildman–Crippen LogP) is 2.66. The van der Waals surface area contributed by atoms with Gasteiger partial charge in [-0.1, -0.05) is 12.2 Å². The summed E-state index contributed by atoms with van der Waals surface area (Å²) < 4.78 is 26.2. The number of hydrogen-bond acceptors (Lipinski definition) is 1. The number of nitrogens with one attached hydrogen (secondary N) is 1. The van der Waals surface area contributed by atoms with Gasteiger partial charge in [-0.05, 0) is 36.8 Å². The molecule has 1 N–H and O–H groups in total. The van der Waals surface area contributed by atoms with Gasteiger partial charge in [0.15, 0.2) is 0 Å². The van der Waals surface area contributed by atoms with E-state index in [0.29, 0.717) is 11.8 Å². The number of halogens is 2. The summed E-state index contributed by atoms with van der Waals surface area (Å²) in [7, 11) is 0. The Hall–Kier alpha value is -1.71. The van der Waals surface area contributed by atoms with Crippen LogP contribution in [0.3, 0.4) is 0 Å². The maximum atomic E-state index is 13.4. The molecule has 94 valence electrons. The zero-order valence-corrected chi connectivity index (χ0v) is 9.70. The molecule has 2 nitrogen and oxygen atoms in total. The minimum absolute atomic E-state index is 0.0805. The van der Waals surface area contributed by atoms with E-state index in [1.165, 1.54) is 6.07 Å². The molecule has 1 aromatic rings. The molecule has 18 heavy (non-hydrogen) atoms. The molecule has 2 aliphatic carbocycles. The summed E-state index contributed by atoms with van der Waals surface area (Å²) in [5, 5.41) is 2.83. The van der Waals surface area contributed by atoms with Crippen LogP contribution in [0.2, 0.25) is 0 Å². The van der Waals surface area contributed by atoms with Crippen molar-refractivity contribution < 1.29 is 13.6 Å². The highest BCUT2D eigenvalue weighted by Crippen LogP contribution is 2.39. The van der Waals surface area contributed by atoms with Crippen molar-refractivity contribution in [2.24, 2.45) is 11.8 Å². The van der Waals surface area contributed by atoms with Gasteiger partial charge in [0.25, 0.3) is 5.91 Å². The summed E-state index contributed by atoms with van der Waals surface area (Å²) in [4.78, 5) is 11.9. The SMILES string of the molecule is O=C(NC1CC2C=CC1C2)c1ccc(F)cc1F. The normalized spacial score (nSPS) is 28.7. The molecule has 0 radical (unpaired) electrons. The number of carbonyl (C=O) groups excluding carboxylic acids is 1. The van der Waals surface area contributed by atoms with Crippen molar-refractivity contribution in [3.05, 3.63) is 47.5 Å². The molecule has 3 atom stereocenters. The molecule has 1 fully saturated rings. The Bertz CT molecular complexity index is 527. The monoisotopic (exact) mass is 249 g/mol. The average Bonchev–Trinajstić information content (AvgIpc) is 2.90. The summed E-state index contributed by atoms with van der Waals surface area (Å²) in [6.45, 7) is 0. The molecule has 0 spiro atoms. The van der Waals surface area contributed by atoms with E-state index in [9.17, 15) is 13.6 Å². The first-order valence-corrected chi connectivity index (χ1v) is 6.08. The van der Waals surface area contributed by atoms with Gasteiger partial charge in [0.05, 0.1) is 5.56 Å². The molecule has 1 saturated carbocycles. The molecule has 0 aromatic heterocycles. The smallest absolute Gasteiger partial charge is 0.254 e. The third-order valence-corrected chi connectivity index (χ3v) is 3.77. The van der Waals surface area contributed by atoms with E-state index in [0.717, 1.165) is 25.0 Å². The number of benzene rings is 1. The number of rotatable bonds is 2. The molecule has 2 bridgehead atoms. The van der Waals surface area contributed by atoms with Crippen molar-refractivity contribution >= 4 is 5.91 Å². The van der Waals surface area contributed by atoms with E-state index in [4.69, 9.17) is 0 Å². The number of amides is 1. The van der Waals surface area contributed by atoms with Gasteiger partial charge < -0.3 is 5.32 Å². The molecule has 2 aliphatic rings. The lowest BCUT2D eigenvalue weighted by molar-refractivity contribution is 0.0927. The molecular formula is C14H13F2NO. The Morgan fingerprint density at radius 3 is 2.67 bits per heavy atom. The summed E-state index contributed by atoms with van der Waals surface area (Å²) in [5.41, 5.74) is -0.0943. The van der Waals surface area contributed by atoms with Crippen molar-refractivity contribution in [1.82, 2.24) is 5.32 Å². The van der Waals surface area contributed by atoms with Crippen LogP contribution in [0.15, 0.2) is 30.4 Å². The Morgan fingerprint density at radius 1 is 1.22 bits per heavy atom. The van der Waals surface area contributed by atoms with E-state index < -0.39 is 17.5 Å². The van der Waals surface area contributed by atoms with Crippen molar-refractivity contribution in [1.29, 1.82) is 0 Å². The first-order chi connectivity index (χ1) is 8.63. The molecule has 0 aliphatic heterocycles. The molecule has 1 amide bonds. The van der Waals surface area contributed by atoms with Crippen LogP contribution >= 0.6 is 0 Å². The van der Waals surface area contributed by atoms with Crippen LogP contribution in [0.1, 0.15) is 23.2 Å². The van der Waals surface area contributed by atoms with E-state index in [1.54, 1.807) is 0 Å². The summed E-state index contributed by atoms with van der Waals surface area (Å²) in [5.74, 6) is -1.04. The van der Waals surface area contributed by atoms with Crippen LogP contribution in [0.5, 0.6) is 0 Å². The fourth-order valence-corrected chi connectivity index (χ4v) is 2.87. The van der Waals surface area contributed by atoms with Crippen LogP contribution in [-0.2, 0) is 0 Å². The largest absolute Gasteiger partial charge is 0.349 e. The fourth-order valence-electron chi connectivity index (χ4n) is 2.87. The molecular weight excluding hydrogens is 236 g/mol. The highest BCUT2D eigenvalue weighted by Gasteiger charge is 2.36. The Balaban J connectivity index is 1.73. The van der Waals surface area contributed by atoms with Crippen LogP contribution in [0.25, 0.3) is 0 Å². The Kier molecular flexibility index (Phi) is 2.65. The summed E-state index contributed by atoms with van der Waals surface area (Å²) in [6.07, 6.45) is 6.26. The quantitative estimate of drug-likeness (QED) is 0.802. The van der Waals surface area contributed by atoms with E-state index in [-0.39, 0.29) is 11.6 Å². The third kappa shape index (κ3) is 1.92. The molecule has 1 aromatic carbocycles. The zero-order chi connectivity index (χ0) is 12.7. The van der Waals surface area contributed by atoms with Gasteiger partial charge in [-0.2, -0.15) is 0 Å². The van der Waals surface area contributed by atoms with E-state index >= 15 is 0 Å². The van der Waals surface area contributed by atoms with Gasteiger partial charge >= 0.3 is 0 Å². The minimum Gasteiger partial charge on any atom is -0.349 e. The van der Waals surface area contributed by atoms with Crippen molar-refractivity contribution in [2.75, 3.05) is 0 Å². The molecule has 4 heteroatoms. The Morgan fingerprint density at radius 2 is 2.06 bits per heavy atom. The van der Waals surface area contributed by atoms with Crippen molar-refractivity contribution in [3.63, 3.8) is 0 Å². The highest BCUT2D eigenvalue weighted by atomic mass is 19.1. The second-order valence-corrected chi connectivity index (χ2v) is 4.98. The van der Waals surface area contributed by atoms with Gasteiger partial charge in [0.1, 0.15) is 11.6 Å². The number of hydrogen-bond donors (Lipinski definition) is 1. The van der Waals surface area contributed by atoms with Crippen LogP contribution in [0.4, 0.5) is 8.78 Å². The minimum atomic E-state index is -0.814. The van der Waals surface area contributed by atoms with Crippen LogP contribution in [-0.4, -0.2) is 11.9 Å². The van der Waals surface area contributed by atoms with Crippen LogP contribution < -0.4 is 5.32 Å². The van der Waals surface area contributed by atoms with Gasteiger partial charge in [-0.25, -0.2) is 8.78 Å². The lowest BCUT2D eigenvalue weighted by Gasteiger charge is -2.19. The fraction of sp³-hybridized carbons (Fsp3) is 0.357. The zero-order valence-electron chi connectivity index (χ0n) is 9.70. The summed E-state index contributed by atoms with van der Waals surface area (Å²) in [6, 6.07) is 3.09. The number of carbonyl (C=O) groups is 1. The van der Waals surface area contributed by atoms with Gasteiger partial charge in [0.2, 0.25) is 0 Å². The van der Waals surface area contributed by atoms with E-state index in [2.05, 4.69) is 17.5 Å². The lowest BCUT2D eigenvalue weighted by atomic mass is 10.0. The molecule has 3 rings (SSSR count). The highest BCUT2D eigenvalue weighted by molar-refractivity contribution is 5.94. The van der Waals surface area contributed by atoms with Gasteiger partial charge in [0, 0.05) is 12.1 Å². The maximum absolute atomic E-state index is 13.4. The number of fused-ring (bicyclic) bond motifs is 2. The first kappa shape index (κ1) is 11.4. The van der Waals surface area contributed by atoms with Crippen molar-refractivity contribution in [2.45, 2.75) is 18.9 Å².